The molecule has 0 aliphatic rings. The van der Waals surface area contributed by atoms with E-state index in [1.807, 2.05) is 0 Å². The molecule has 0 fully saturated rings. The molecule has 0 aliphatic heterocycles. The van der Waals surface area contributed by atoms with Crippen molar-refractivity contribution in [2.24, 2.45) is 0 Å². The molecule has 1 N–H and O–H groups in total. The van der Waals surface area contributed by atoms with Gasteiger partial charge in [-0.05, 0) is 6.07 Å². The maximum Gasteiger partial charge on any atom is 0.270 e. The summed E-state index contributed by atoms with van der Waals surface area (Å²) in [4.78, 5) is 21.7. The van der Waals surface area contributed by atoms with E-state index in [-0.39, 0.29) is 22.8 Å². The Morgan fingerprint density at radius 1 is 1.53 bits per heavy atom. The average molecular weight is 305 g/mol. The van der Waals surface area contributed by atoms with Crippen LogP contribution in [-0.4, -0.2) is 33.1 Å². The molecular weight excluding hydrogens is 292 g/mol. The number of nitro groups is 1. The fourth-order valence-electron chi connectivity index (χ4n) is 1.32. The summed E-state index contributed by atoms with van der Waals surface area (Å²) >= 11 is 5.81. The Hall–Kier alpha value is -1.47. The Morgan fingerprint density at radius 2 is 2.21 bits per heavy atom. The maximum absolute atomic E-state index is 11.8. The third kappa shape index (κ3) is 4.60. The van der Waals surface area contributed by atoms with Crippen LogP contribution < -0.4 is 5.32 Å². The molecule has 0 aliphatic carbocycles. The summed E-state index contributed by atoms with van der Waals surface area (Å²) in [5, 5.41) is 13.1. The van der Waals surface area contributed by atoms with E-state index < -0.39 is 21.6 Å². The van der Waals surface area contributed by atoms with Gasteiger partial charge in [-0.15, -0.1) is 0 Å². The Labute approximate surface area is 117 Å². The number of hydrogen-bond donors (Lipinski definition) is 1. The lowest BCUT2D eigenvalue weighted by molar-refractivity contribution is -0.384. The van der Waals surface area contributed by atoms with Gasteiger partial charge in [-0.2, -0.15) is 0 Å². The van der Waals surface area contributed by atoms with E-state index in [9.17, 15) is 19.1 Å². The summed E-state index contributed by atoms with van der Waals surface area (Å²) in [5.74, 6) is 0.467. The van der Waals surface area contributed by atoms with Crippen molar-refractivity contribution in [1.29, 1.82) is 0 Å². The number of amides is 1. The van der Waals surface area contributed by atoms with E-state index in [4.69, 9.17) is 11.6 Å². The largest absolute Gasteiger partial charge is 0.351 e. The molecular formula is C11H13ClN2O4S. The molecule has 0 aromatic heterocycles. The Balaban J connectivity index is 2.67. The molecule has 1 unspecified atom stereocenters. The van der Waals surface area contributed by atoms with Gasteiger partial charge in [0.05, 0.1) is 15.5 Å². The Morgan fingerprint density at radius 3 is 2.74 bits per heavy atom. The topological polar surface area (TPSA) is 89.3 Å². The molecule has 1 aromatic carbocycles. The molecule has 0 heterocycles. The van der Waals surface area contributed by atoms with Crippen LogP contribution in [-0.2, 0) is 10.8 Å². The molecule has 0 saturated carbocycles. The fraction of sp³-hybridized carbons (Fsp3) is 0.364. The van der Waals surface area contributed by atoms with Crippen LogP contribution in [0.4, 0.5) is 5.69 Å². The second kappa shape index (κ2) is 7.20. The maximum atomic E-state index is 11.8. The van der Waals surface area contributed by atoms with Crippen molar-refractivity contribution < 1.29 is 13.9 Å². The molecule has 0 bridgehead atoms. The molecule has 0 radical (unpaired) electrons. The number of carbonyl (C=O) groups is 1. The monoisotopic (exact) mass is 304 g/mol. The average Bonchev–Trinajstić information content (AvgIpc) is 2.37. The van der Waals surface area contributed by atoms with Gasteiger partial charge in [0.25, 0.3) is 11.6 Å². The first kappa shape index (κ1) is 15.6. The predicted molar refractivity (Wildman–Crippen MR) is 74.0 cm³/mol. The number of nitrogens with one attached hydrogen (secondary N) is 1. The van der Waals surface area contributed by atoms with Crippen molar-refractivity contribution >= 4 is 34.0 Å². The molecule has 1 amide bonds. The highest BCUT2D eigenvalue weighted by molar-refractivity contribution is 7.84. The lowest BCUT2D eigenvalue weighted by Crippen LogP contribution is -2.28. The third-order valence-corrected chi connectivity index (χ3v) is 3.96. The third-order valence-electron chi connectivity index (χ3n) is 2.35. The first-order valence-electron chi connectivity index (χ1n) is 5.52. The zero-order valence-corrected chi connectivity index (χ0v) is 11.8. The van der Waals surface area contributed by atoms with Crippen LogP contribution >= 0.6 is 11.6 Å². The minimum Gasteiger partial charge on any atom is -0.351 e. The van der Waals surface area contributed by atoms with Gasteiger partial charge in [0, 0.05) is 41.0 Å². The van der Waals surface area contributed by atoms with Crippen molar-refractivity contribution in [2.75, 3.05) is 18.1 Å². The molecule has 6 nitrogen and oxygen atoms in total. The molecule has 19 heavy (non-hydrogen) atoms. The van der Waals surface area contributed by atoms with Gasteiger partial charge in [0.1, 0.15) is 0 Å². The number of non-ortho nitro benzene ring substituents is 1. The van der Waals surface area contributed by atoms with Crippen LogP contribution in [0.3, 0.4) is 0 Å². The van der Waals surface area contributed by atoms with Crippen molar-refractivity contribution in [3.8, 4) is 0 Å². The number of carbonyl (C=O) groups excluding carboxylic acids is 1. The number of halogens is 1. The van der Waals surface area contributed by atoms with Crippen LogP contribution in [0, 0.1) is 10.1 Å². The first-order chi connectivity index (χ1) is 8.95. The molecule has 1 aromatic rings. The molecule has 1 atom stereocenters. The van der Waals surface area contributed by atoms with Crippen molar-refractivity contribution in [1.82, 2.24) is 5.32 Å². The summed E-state index contributed by atoms with van der Waals surface area (Å²) in [6.07, 6.45) is 0. The Kier molecular flexibility index (Phi) is 5.91. The van der Waals surface area contributed by atoms with Crippen molar-refractivity contribution in [3.63, 3.8) is 0 Å². The number of benzene rings is 1. The van der Waals surface area contributed by atoms with E-state index in [1.54, 1.807) is 6.92 Å². The molecule has 0 saturated heterocycles. The summed E-state index contributed by atoms with van der Waals surface area (Å²) in [6.45, 7) is 2.07. The lowest BCUT2D eigenvalue weighted by atomic mass is 10.2. The van der Waals surface area contributed by atoms with Crippen LogP contribution in [0.5, 0.6) is 0 Å². The zero-order chi connectivity index (χ0) is 14.4. The van der Waals surface area contributed by atoms with E-state index in [1.165, 1.54) is 12.1 Å². The highest BCUT2D eigenvalue weighted by Crippen LogP contribution is 2.22. The molecule has 1 rings (SSSR count). The van der Waals surface area contributed by atoms with E-state index in [0.29, 0.717) is 11.5 Å². The quantitative estimate of drug-likeness (QED) is 0.640. The van der Waals surface area contributed by atoms with Crippen LogP contribution in [0.2, 0.25) is 5.02 Å². The minimum atomic E-state index is -0.952. The highest BCUT2D eigenvalue weighted by Gasteiger charge is 2.14. The first-order valence-corrected chi connectivity index (χ1v) is 7.39. The molecule has 8 heteroatoms. The summed E-state index contributed by atoms with van der Waals surface area (Å²) in [5.41, 5.74) is -0.0109. The summed E-state index contributed by atoms with van der Waals surface area (Å²) in [7, 11) is -0.952. The Bertz CT molecular complexity index is 521. The van der Waals surface area contributed by atoms with E-state index in [2.05, 4.69) is 5.32 Å². The standard InChI is InChI=1S/C11H13ClN2O4S/c1-2-19(18)6-5-13-11(15)9-4-3-8(14(16)17)7-10(9)12/h3-4,7H,2,5-6H2,1H3,(H,13,15). The van der Waals surface area contributed by atoms with Crippen LogP contribution in [0.25, 0.3) is 0 Å². The number of rotatable bonds is 6. The smallest absolute Gasteiger partial charge is 0.270 e. The summed E-state index contributed by atoms with van der Waals surface area (Å²) < 4.78 is 11.2. The van der Waals surface area contributed by atoms with Crippen molar-refractivity contribution in [3.05, 3.63) is 38.9 Å². The predicted octanol–water partition coefficient (Wildman–Crippen LogP) is 1.75. The second-order valence-electron chi connectivity index (χ2n) is 3.61. The van der Waals surface area contributed by atoms with Gasteiger partial charge >= 0.3 is 0 Å². The molecule has 0 spiro atoms. The SMILES string of the molecule is CCS(=O)CCNC(=O)c1ccc([N+](=O)[O-])cc1Cl. The van der Waals surface area contributed by atoms with Gasteiger partial charge in [-0.3, -0.25) is 19.1 Å². The van der Waals surface area contributed by atoms with Gasteiger partial charge in [-0.1, -0.05) is 18.5 Å². The van der Waals surface area contributed by atoms with E-state index in [0.717, 1.165) is 6.07 Å². The highest BCUT2D eigenvalue weighted by atomic mass is 35.5. The van der Waals surface area contributed by atoms with E-state index >= 15 is 0 Å². The summed E-state index contributed by atoms with van der Waals surface area (Å²) in [6, 6.07) is 3.64. The fourth-order valence-corrected chi connectivity index (χ4v) is 2.20. The normalized spacial score (nSPS) is 11.9. The van der Waals surface area contributed by atoms with Crippen LogP contribution in [0.1, 0.15) is 17.3 Å². The van der Waals surface area contributed by atoms with Crippen LogP contribution in [0.15, 0.2) is 18.2 Å². The number of nitro benzene ring substituents is 1. The molecule has 104 valence electrons. The second-order valence-corrected chi connectivity index (χ2v) is 5.88. The lowest BCUT2D eigenvalue weighted by Gasteiger charge is -2.06. The minimum absolute atomic E-state index is 0.0170. The van der Waals surface area contributed by atoms with Gasteiger partial charge in [-0.25, -0.2) is 0 Å². The van der Waals surface area contributed by atoms with Gasteiger partial charge in [0.2, 0.25) is 0 Å². The number of hydrogen-bond acceptors (Lipinski definition) is 4. The van der Waals surface area contributed by atoms with Gasteiger partial charge in [0.15, 0.2) is 0 Å². The van der Waals surface area contributed by atoms with Crippen molar-refractivity contribution in [2.45, 2.75) is 6.92 Å². The zero-order valence-electron chi connectivity index (χ0n) is 10.2. The van der Waals surface area contributed by atoms with Gasteiger partial charge < -0.3 is 5.32 Å². The number of nitrogens with zero attached hydrogens (tertiary/aromatic N) is 1.